The normalized spacial score (nSPS) is 14.4. The van der Waals surface area contributed by atoms with Gasteiger partial charge in [-0.05, 0) is 49.4 Å². The number of phosphoric acid groups is 2. The zero-order chi connectivity index (χ0) is 70.3. The molecule has 0 spiro atoms. The van der Waals surface area contributed by atoms with Crippen molar-refractivity contribution in [2.75, 3.05) is 39.6 Å². The summed E-state index contributed by atoms with van der Waals surface area (Å²) in [6, 6.07) is 0. The highest BCUT2D eigenvalue weighted by molar-refractivity contribution is 7.47. The third kappa shape index (κ3) is 69.0. The van der Waals surface area contributed by atoms with Gasteiger partial charge in [0.05, 0.1) is 26.4 Å². The Balaban J connectivity index is 5.23. The Bertz CT molecular complexity index is 1870. The number of aliphatic hydroxyl groups excluding tert-OH is 1. The minimum Gasteiger partial charge on any atom is -0.462 e. The molecule has 0 amide bonds. The van der Waals surface area contributed by atoms with Gasteiger partial charge in [-0.2, -0.15) is 0 Å². The summed E-state index contributed by atoms with van der Waals surface area (Å²) in [6.45, 7) is 14.2. The molecule has 0 aliphatic rings. The van der Waals surface area contributed by atoms with Gasteiger partial charge in [-0.25, -0.2) is 9.13 Å². The summed E-state index contributed by atoms with van der Waals surface area (Å²) in [5, 5.41) is 10.6. The summed E-state index contributed by atoms with van der Waals surface area (Å²) in [5.74, 6) is 0.915. The van der Waals surface area contributed by atoms with E-state index in [0.29, 0.717) is 25.7 Å². The largest absolute Gasteiger partial charge is 0.472 e. The summed E-state index contributed by atoms with van der Waals surface area (Å²) in [5.41, 5.74) is 0. The topological polar surface area (TPSA) is 237 Å². The molecule has 0 aliphatic heterocycles. The molecule has 564 valence electrons. The van der Waals surface area contributed by atoms with Gasteiger partial charge >= 0.3 is 39.5 Å². The van der Waals surface area contributed by atoms with Gasteiger partial charge in [0.1, 0.15) is 19.3 Å². The highest BCUT2D eigenvalue weighted by Crippen LogP contribution is 2.45. The van der Waals surface area contributed by atoms with Gasteiger partial charge < -0.3 is 33.8 Å². The molecule has 3 N–H and O–H groups in total. The minimum atomic E-state index is -4.96. The number of rotatable bonds is 73. The van der Waals surface area contributed by atoms with Crippen molar-refractivity contribution in [3.05, 3.63) is 0 Å². The Morgan fingerprint density at radius 2 is 0.505 bits per heavy atom. The van der Waals surface area contributed by atoms with Crippen LogP contribution in [0.5, 0.6) is 0 Å². The maximum absolute atomic E-state index is 13.1. The van der Waals surface area contributed by atoms with Crippen molar-refractivity contribution in [3.63, 3.8) is 0 Å². The highest BCUT2D eigenvalue weighted by atomic mass is 31.2. The van der Waals surface area contributed by atoms with Crippen LogP contribution in [0.3, 0.4) is 0 Å². The fourth-order valence-corrected chi connectivity index (χ4v) is 13.1. The number of hydrogen-bond acceptors (Lipinski definition) is 15. The number of phosphoric ester groups is 2. The van der Waals surface area contributed by atoms with Gasteiger partial charge in [-0.1, -0.05) is 331 Å². The molecule has 0 aromatic heterocycles. The first-order chi connectivity index (χ1) is 45.6. The summed E-state index contributed by atoms with van der Waals surface area (Å²) < 4.78 is 68.5. The van der Waals surface area contributed by atoms with E-state index in [9.17, 15) is 43.2 Å². The summed E-state index contributed by atoms with van der Waals surface area (Å²) >= 11 is 0. The van der Waals surface area contributed by atoms with Crippen LogP contribution in [0, 0.1) is 23.7 Å². The maximum atomic E-state index is 13.1. The first kappa shape index (κ1) is 93.1. The van der Waals surface area contributed by atoms with Crippen molar-refractivity contribution in [1.82, 2.24) is 0 Å². The summed E-state index contributed by atoms with van der Waals surface area (Å²) in [7, 11) is -9.91. The molecular formula is C76H148O17P2. The molecule has 17 nitrogen and oxygen atoms in total. The van der Waals surface area contributed by atoms with Crippen LogP contribution in [-0.4, -0.2) is 96.7 Å². The molecule has 0 rings (SSSR count). The molecule has 6 atom stereocenters. The zero-order valence-corrected chi connectivity index (χ0v) is 64.1. The van der Waals surface area contributed by atoms with E-state index in [2.05, 4.69) is 55.4 Å². The molecule has 0 aromatic rings. The van der Waals surface area contributed by atoms with Gasteiger partial charge in [0, 0.05) is 25.7 Å². The first-order valence-corrected chi connectivity index (χ1v) is 42.2. The van der Waals surface area contributed by atoms with Gasteiger partial charge in [0.25, 0.3) is 0 Å². The standard InChI is InChI=1S/C76H148O17P2/c1-9-69(8)55-47-39-34-35-43-51-59-76(81)93-72(63-87-74(79)57-49-41-32-27-26-30-38-46-54-68(6)7)65-91-95(84,85)89-61-70(77)60-88-94(82,83)90-64-71(92-75(80)58-50-42-33-25-21-17-13-15-19-23-29-37-45-53-67(4)5)62-86-73(78)56-48-40-31-24-20-16-12-10-11-14-18-22-28-36-44-52-66(2)3/h66-72,77H,9-65H2,1-8H3,(H,82,83)(H,84,85)/t69?,70?,71-,72-/m1/s1. The van der Waals surface area contributed by atoms with E-state index < -0.39 is 97.5 Å². The molecule has 0 radical (unpaired) electrons. The molecule has 0 saturated heterocycles. The van der Waals surface area contributed by atoms with E-state index >= 15 is 0 Å². The zero-order valence-electron chi connectivity index (χ0n) is 62.3. The number of carbonyl (C=O) groups is 4. The number of ether oxygens (including phenoxy) is 4. The van der Waals surface area contributed by atoms with Crippen molar-refractivity contribution in [2.24, 2.45) is 23.7 Å². The molecule has 19 heteroatoms. The second kappa shape index (κ2) is 65.4. The first-order valence-electron chi connectivity index (χ1n) is 39.2. The van der Waals surface area contributed by atoms with Crippen molar-refractivity contribution >= 4 is 39.5 Å². The lowest BCUT2D eigenvalue weighted by molar-refractivity contribution is -0.161. The highest BCUT2D eigenvalue weighted by Gasteiger charge is 2.30. The smallest absolute Gasteiger partial charge is 0.462 e. The number of aliphatic hydroxyl groups is 1. The third-order valence-electron chi connectivity index (χ3n) is 17.9. The molecule has 0 saturated carbocycles. The van der Waals surface area contributed by atoms with Crippen LogP contribution >= 0.6 is 15.6 Å². The van der Waals surface area contributed by atoms with Crippen LogP contribution in [0.25, 0.3) is 0 Å². The van der Waals surface area contributed by atoms with E-state index in [1.165, 1.54) is 186 Å². The van der Waals surface area contributed by atoms with Gasteiger partial charge in [0.15, 0.2) is 12.2 Å². The van der Waals surface area contributed by atoms with Crippen molar-refractivity contribution in [2.45, 2.75) is 401 Å². The second-order valence-corrected chi connectivity index (χ2v) is 32.0. The second-order valence-electron chi connectivity index (χ2n) is 29.1. The Morgan fingerprint density at radius 3 is 0.747 bits per heavy atom. The van der Waals surface area contributed by atoms with E-state index in [-0.39, 0.29) is 25.7 Å². The van der Waals surface area contributed by atoms with Gasteiger partial charge in [0.2, 0.25) is 0 Å². The minimum absolute atomic E-state index is 0.102. The fourth-order valence-electron chi connectivity index (χ4n) is 11.5. The average molecular weight is 1400 g/mol. The molecule has 0 heterocycles. The fraction of sp³-hybridized carbons (Fsp3) is 0.947. The Labute approximate surface area is 581 Å². The molecule has 0 bridgehead atoms. The lowest BCUT2D eigenvalue weighted by Crippen LogP contribution is -2.30. The van der Waals surface area contributed by atoms with Crippen LogP contribution < -0.4 is 0 Å². The van der Waals surface area contributed by atoms with Crippen molar-refractivity contribution in [3.8, 4) is 0 Å². The quantitative estimate of drug-likeness (QED) is 0.0222. The lowest BCUT2D eigenvalue weighted by atomic mass is 10.00. The number of unbranched alkanes of at least 4 members (excludes halogenated alkanes) is 38. The SMILES string of the molecule is CCC(C)CCCCCCCCC(=O)O[C@H](COC(=O)CCCCCCCCCCC(C)C)COP(=O)(O)OCC(O)COP(=O)(O)OC[C@@H](COC(=O)CCCCCCCCCCCCCCCCCC(C)C)OC(=O)CCCCCCCCCCCCCCCC(C)C. The number of hydrogen-bond donors (Lipinski definition) is 3. The summed E-state index contributed by atoms with van der Waals surface area (Å²) in [6.07, 6.45) is 50.1. The average Bonchev–Trinajstić information content (AvgIpc) is 1.71. The number of esters is 4. The van der Waals surface area contributed by atoms with Crippen LogP contribution in [0.15, 0.2) is 0 Å². The molecule has 0 fully saturated rings. The van der Waals surface area contributed by atoms with Crippen LogP contribution in [0.4, 0.5) is 0 Å². The molecule has 0 aliphatic carbocycles. The van der Waals surface area contributed by atoms with Crippen LogP contribution in [-0.2, 0) is 65.4 Å². The van der Waals surface area contributed by atoms with Crippen LogP contribution in [0.1, 0.15) is 383 Å². The predicted octanol–water partition coefficient (Wildman–Crippen LogP) is 22.0. The summed E-state index contributed by atoms with van der Waals surface area (Å²) in [4.78, 5) is 72.8. The predicted molar refractivity (Wildman–Crippen MR) is 386 cm³/mol. The van der Waals surface area contributed by atoms with Crippen molar-refractivity contribution < 1.29 is 80.2 Å². The Morgan fingerprint density at radius 1 is 0.295 bits per heavy atom. The van der Waals surface area contributed by atoms with Gasteiger partial charge in [-0.15, -0.1) is 0 Å². The van der Waals surface area contributed by atoms with E-state index in [0.717, 1.165) is 114 Å². The lowest BCUT2D eigenvalue weighted by Gasteiger charge is -2.21. The van der Waals surface area contributed by atoms with E-state index in [4.69, 9.17) is 37.0 Å². The van der Waals surface area contributed by atoms with E-state index in [1.54, 1.807) is 0 Å². The van der Waals surface area contributed by atoms with Crippen LogP contribution in [0.2, 0.25) is 0 Å². The van der Waals surface area contributed by atoms with Crippen molar-refractivity contribution in [1.29, 1.82) is 0 Å². The monoisotopic (exact) mass is 1400 g/mol. The third-order valence-corrected chi connectivity index (χ3v) is 19.8. The van der Waals surface area contributed by atoms with Gasteiger partial charge in [-0.3, -0.25) is 37.3 Å². The number of carbonyl (C=O) groups excluding carboxylic acids is 4. The Hall–Kier alpha value is -1.94. The molecular weight excluding hydrogens is 1250 g/mol. The Kier molecular flexibility index (Phi) is 64.0. The molecule has 4 unspecified atom stereocenters. The molecule has 95 heavy (non-hydrogen) atoms. The van der Waals surface area contributed by atoms with E-state index in [1.807, 2.05) is 0 Å². The maximum Gasteiger partial charge on any atom is 0.472 e. The molecule has 0 aromatic carbocycles.